The van der Waals surface area contributed by atoms with E-state index >= 15 is 0 Å². The number of nitrogens with zero attached hydrogens (tertiary/aromatic N) is 4. The first-order valence-corrected chi connectivity index (χ1v) is 6.85. The lowest BCUT2D eigenvalue weighted by molar-refractivity contribution is 0.630. The standard InChI is InChI=1S/C15H8BrFN4/c16-11-4-5-13(14(17)7-11)15-9-21(20-19-15)12-3-1-2-10(6-12)8-18/h1-7,9H. The van der Waals surface area contributed by atoms with Crippen LogP contribution >= 0.6 is 15.9 Å². The zero-order valence-corrected chi connectivity index (χ0v) is 12.2. The van der Waals surface area contributed by atoms with Gasteiger partial charge in [-0.25, -0.2) is 9.07 Å². The third-order valence-corrected chi connectivity index (χ3v) is 3.43. The number of rotatable bonds is 2. The zero-order chi connectivity index (χ0) is 14.8. The second-order valence-corrected chi connectivity index (χ2v) is 5.25. The quantitative estimate of drug-likeness (QED) is 0.713. The first-order chi connectivity index (χ1) is 10.2. The Hall–Kier alpha value is -2.52. The summed E-state index contributed by atoms with van der Waals surface area (Å²) >= 11 is 3.21. The number of benzene rings is 2. The van der Waals surface area contributed by atoms with Gasteiger partial charge in [0.2, 0.25) is 0 Å². The van der Waals surface area contributed by atoms with Crippen molar-refractivity contribution < 1.29 is 4.39 Å². The molecule has 2 aromatic carbocycles. The molecule has 0 amide bonds. The van der Waals surface area contributed by atoms with E-state index in [9.17, 15) is 4.39 Å². The van der Waals surface area contributed by atoms with Crippen molar-refractivity contribution in [3.05, 3.63) is 64.5 Å². The molecule has 0 aliphatic rings. The van der Waals surface area contributed by atoms with Crippen LogP contribution in [0.1, 0.15) is 5.56 Å². The molecular formula is C15H8BrFN4. The molecule has 0 fully saturated rings. The van der Waals surface area contributed by atoms with Crippen LogP contribution < -0.4 is 0 Å². The molecule has 4 nitrogen and oxygen atoms in total. The van der Waals surface area contributed by atoms with E-state index in [1.807, 2.05) is 0 Å². The lowest BCUT2D eigenvalue weighted by Crippen LogP contribution is -1.94. The minimum atomic E-state index is -0.373. The van der Waals surface area contributed by atoms with Crippen molar-refractivity contribution in [2.24, 2.45) is 0 Å². The van der Waals surface area contributed by atoms with Crippen molar-refractivity contribution >= 4 is 15.9 Å². The Morgan fingerprint density at radius 2 is 2.05 bits per heavy atom. The fourth-order valence-corrected chi connectivity index (χ4v) is 2.26. The second-order valence-electron chi connectivity index (χ2n) is 4.33. The van der Waals surface area contributed by atoms with Crippen LogP contribution in [0.5, 0.6) is 0 Å². The molecule has 0 spiro atoms. The molecule has 0 saturated heterocycles. The first kappa shape index (κ1) is 13.5. The van der Waals surface area contributed by atoms with Gasteiger partial charge in [0.1, 0.15) is 11.5 Å². The molecule has 0 aliphatic heterocycles. The van der Waals surface area contributed by atoms with Crippen molar-refractivity contribution in [3.63, 3.8) is 0 Å². The summed E-state index contributed by atoms with van der Waals surface area (Å²) in [6.45, 7) is 0. The number of nitriles is 1. The monoisotopic (exact) mass is 342 g/mol. The Kier molecular flexibility index (Phi) is 3.50. The largest absolute Gasteiger partial charge is 0.220 e. The highest BCUT2D eigenvalue weighted by Gasteiger charge is 2.10. The van der Waals surface area contributed by atoms with E-state index in [2.05, 4.69) is 32.3 Å². The van der Waals surface area contributed by atoms with Crippen molar-refractivity contribution in [1.29, 1.82) is 5.26 Å². The molecule has 0 atom stereocenters. The molecule has 102 valence electrons. The molecule has 3 aromatic rings. The van der Waals surface area contributed by atoms with Gasteiger partial charge in [0, 0.05) is 10.0 Å². The van der Waals surface area contributed by atoms with E-state index in [-0.39, 0.29) is 5.82 Å². The maximum absolute atomic E-state index is 13.9. The average molecular weight is 343 g/mol. The average Bonchev–Trinajstić information content (AvgIpc) is 2.97. The van der Waals surface area contributed by atoms with Gasteiger partial charge in [0.05, 0.1) is 23.5 Å². The predicted octanol–water partition coefficient (Wildman–Crippen LogP) is 3.71. The summed E-state index contributed by atoms with van der Waals surface area (Å²) in [6, 6.07) is 13.8. The minimum absolute atomic E-state index is 0.373. The Morgan fingerprint density at radius 1 is 1.19 bits per heavy atom. The van der Waals surface area contributed by atoms with Crippen LogP contribution in [0.25, 0.3) is 16.9 Å². The molecule has 1 aromatic heterocycles. The molecule has 0 unspecified atom stereocenters. The molecule has 0 bridgehead atoms. The molecule has 1 heterocycles. The number of aromatic nitrogens is 3. The van der Waals surface area contributed by atoms with Crippen LogP contribution in [0.4, 0.5) is 4.39 Å². The lowest BCUT2D eigenvalue weighted by atomic mass is 10.1. The maximum Gasteiger partial charge on any atom is 0.133 e. The highest BCUT2D eigenvalue weighted by molar-refractivity contribution is 9.10. The van der Waals surface area contributed by atoms with Crippen molar-refractivity contribution in [2.45, 2.75) is 0 Å². The van der Waals surface area contributed by atoms with Gasteiger partial charge in [-0.05, 0) is 36.4 Å². The normalized spacial score (nSPS) is 10.3. The minimum Gasteiger partial charge on any atom is -0.220 e. The number of hydrogen-bond acceptors (Lipinski definition) is 3. The van der Waals surface area contributed by atoms with E-state index in [1.165, 1.54) is 10.7 Å². The first-order valence-electron chi connectivity index (χ1n) is 6.06. The fourth-order valence-electron chi connectivity index (χ4n) is 1.93. The zero-order valence-electron chi connectivity index (χ0n) is 10.7. The third kappa shape index (κ3) is 2.69. The molecule has 0 aliphatic carbocycles. The van der Waals surface area contributed by atoms with Crippen LogP contribution in [0.2, 0.25) is 0 Å². The van der Waals surface area contributed by atoms with E-state index in [0.29, 0.717) is 27.0 Å². The smallest absolute Gasteiger partial charge is 0.133 e. The Morgan fingerprint density at radius 3 is 2.81 bits per heavy atom. The van der Waals surface area contributed by atoms with Crippen molar-refractivity contribution in [1.82, 2.24) is 15.0 Å². The van der Waals surface area contributed by atoms with Crippen LogP contribution in [-0.4, -0.2) is 15.0 Å². The summed E-state index contributed by atoms with van der Waals surface area (Å²) in [7, 11) is 0. The van der Waals surface area contributed by atoms with Gasteiger partial charge in [-0.3, -0.25) is 0 Å². The Bertz CT molecular complexity index is 851. The lowest BCUT2D eigenvalue weighted by Gasteiger charge is -2.00. The van der Waals surface area contributed by atoms with Gasteiger partial charge in [0.25, 0.3) is 0 Å². The van der Waals surface area contributed by atoms with Crippen LogP contribution in [0, 0.1) is 17.1 Å². The second kappa shape index (κ2) is 5.46. The molecule has 0 radical (unpaired) electrons. The summed E-state index contributed by atoms with van der Waals surface area (Å²) in [5.41, 5.74) is 2.04. The summed E-state index contributed by atoms with van der Waals surface area (Å²) in [5, 5.41) is 16.9. The van der Waals surface area contributed by atoms with Gasteiger partial charge >= 0.3 is 0 Å². The summed E-state index contributed by atoms with van der Waals surface area (Å²) in [6.07, 6.45) is 1.63. The fraction of sp³-hybridized carbons (Fsp3) is 0. The SMILES string of the molecule is N#Cc1cccc(-n2cc(-c3ccc(Br)cc3F)nn2)c1. The highest BCUT2D eigenvalue weighted by Crippen LogP contribution is 2.24. The molecule has 0 saturated carbocycles. The topological polar surface area (TPSA) is 54.5 Å². The van der Waals surface area contributed by atoms with Crippen molar-refractivity contribution in [2.75, 3.05) is 0 Å². The van der Waals surface area contributed by atoms with Gasteiger partial charge < -0.3 is 0 Å². The van der Waals surface area contributed by atoms with E-state index < -0.39 is 0 Å². The summed E-state index contributed by atoms with van der Waals surface area (Å²) in [5.74, 6) is -0.373. The molecule has 6 heteroatoms. The summed E-state index contributed by atoms with van der Waals surface area (Å²) < 4.78 is 16.1. The van der Waals surface area contributed by atoms with E-state index in [1.54, 1.807) is 42.6 Å². The van der Waals surface area contributed by atoms with Crippen LogP contribution in [0.15, 0.2) is 53.1 Å². The van der Waals surface area contributed by atoms with Crippen molar-refractivity contribution in [3.8, 4) is 23.0 Å². The number of hydrogen-bond donors (Lipinski definition) is 0. The van der Waals surface area contributed by atoms with Gasteiger partial charge in [-0.15, -0.1) is 5.10 Å². The van der Waals surface area contributed by atoms with Crippen LogP contribution in [-0.2, 0) is 0 Å². The molecule has 0 N–H and O–H groups in total. The van der Waals surface area contributed by atoms with Gasteiger partial charge in [0.15, 0.2) is 0 Å². The third-order valence-electron chi connectivity index (χ3n) is 2.94. The molecular weight excluding hydrogens is 335 g/mol. The maximum atomic E-state index is 13.9. The molecule has 21 heavy (non-hydrogen) atoms. The van der Waals surface area contributed by atoms with E-state index in [0.717, 1.165) is 0 Å². The highest BCUT2D eigenvalue weighted by atomic mass is 79.9. The predicted molar refractivity (Wildman–Crippen MR) is 79.2 cm³/mol. The Balaban J connectivity index is 2.02. The van der Waals surface area contributed by atoms with Gasteiger partial charge in [-0.2, -0.15) is 5.26 Å². The van der Waals surface area contributed by atoms with E-state index in [4.69, 9.17) is 5.26 Å². The number of halogens is 2. The van der Waals surface area contributed by atoms with Crippen LogP contribution in [0.3, 0.4) is 0 Å². The van der Waals surface area contributed by atoms with Gasteiger partial charge in [-0.1, -0.05) is 27.2 Å². The summed E-state index contributed by atoms with van der Waals surface area (Å²) in [4.78, 5) is 0. The molecule has 3 rings (SSSR count). The Labute approximate surface area is 128 Å².